The van der Waals surface area contributed by atoms with Gasteiger partial charge in [0.1, 0.15) is 12.6 Å². The summed E-state index contributed by atoms with van der Waals surface area (Å²) < 4.78 is 0. The summed E-state index contributed by atoms with van der Waals surface area (Å²) in [6.07, 6.45) is 8.36. The van der Waals surface area contributed by atoms with E-state index in [1.807, 2.05) is 0 Å². The van der Waals surface area contributed by atoms with Gasteiger partial charge in [-0.25, -0.2) is 0 Å². The lowest BCUT2D eigenvalue weighted by Gasteiger charge is -1.81. The first-order chi connectivity index (χ1) is 5.70. The van der Waals surface area contributed by atoms with Gasteiger partial charge >= 0.3 is 0 Å². The van der Waals surface area contributed by atoms with Gasteiger partial charge in [0.25, 0.3) is 0 Å². The molecule has 0 aromatic heterocycles. The van der Waals surface area contributed by atoms with Gasteiger partial charge < -0.3 is 0 Å². The van der Waals surface area contributed by atoms with Crippen LogP contribution in [-0.2, 0) is 9.59 Å². The van der Waals surface area contributed by atoms with E-state index in [0.29, 0.717) is 11.1 Å². The standard InChI is InChI=1S/C10H12O2/c1-9(7-11)5-3-4-6-10(2)8-12/h3-8H,1-2H3/b4-3+,9-5+,10-6+/i7+1,8+1,9+1,10+1. The summed E-state index contributed by atoms with van der Waals surface area (Å²) in [5.74, 6) is 0. The number of allylic oxidation sites excluding steroid dienone is 6. The van der Waals surface area contributed by atoms with Crippen LogP contribution in [0.3, 0.4) is 0 Å². The molecule has 0 aliphatic heterocycles. The molecule has 64 valence electrons. The lowest BCUT2D eigenvalue weighted by Crippen LogP contribution is -1.73. The molecule has 0 aromatic carbocycles. The molecular formula is C10H12O2. The molecule has 0 spiro atoms. The number of carbonyl (C=O) groups is 2. The largest absolute Gasteiger partial charge is 0.298 e. The molecule has 0 N–H and O–H groups in total. The third-order valence-corrected chi connectivity index (χ3v) is 1.20. The minimum absolute atomic E-state index is 0.656. The first-order valence-corrected chi connectivity index (χ1v) is 3.63. The SMILES string of the molecule is C\[13C](=C/C=C/C=[13C](\C)[13CH]=O)[13CH]=O. The van der Waals surface area contributed by atoms with Gasteiger partial charge in [-0.3, -0.25) is 9.59 Å². The third kappa shape index (κ3) is 5.35. The summed E-state index contributed by atoms with van der Waals surface area (Å²) in [5.41, 5.74) is 1.31. The van der Waals surface area contributed by atoms with Crippen LogP contribution in [0.25, 0.3) is 0 Å². The summed E-state index contributed by atoms with van der Waals surface area (Å²) >= 11 is 0. The first-order valence-electron chi connectivity index (χ1n) is 3.63. The van der Waals surface area contributed by atoms with Crippen molar-refractivity contribution in [2.75, 3.05) is 0 Å². The van der Waals surface area contributed by atoms with E-state index in [2.05, 4.69) is 0 Å². The van der Waals surface area contributed by atoms with Crippen LogP contribution in [0.2, 0.25) is 0 Å². The van der Waals surface area contributed by atoms with Gasteiger partial charge in [0.15, 0.2) is 0 Å². The van der Waals surface area contributed by atoms with Crippen LogP contribution >= 0.6 is 0 Å². The van der Waals surface area contributed by atoms with Crippen molar-refractivity contribution in [3.05, 3.63) is 35.5 Å². The van der Waals surface area contributed by atoms with Crippen molar-refractivity contribution in [2.24, 2.45) is 0 Å². The van der Waals surface area contributed by atoms with Crippen molar-refractivity contribution in [1.82, 2.24) is 0 Å². The van der Waals surface area contributed by atoms with Gasteiger partial charge in [-0.2, -0.15) is 0 Å². The summed E-state index contributed by atoms with van der Waals surface area (Å²) in [4.78, 5) is 20.2. The molecule has 0 saturated carbocycles. The van der Waals surface area contributed by atoms with E-state index >= 15 is 0 Å². The van der Waals surface area contributed by atoms with Crippen LogP contribution in [0, 0.1) is 0 Å². The average molecular weight is 168 g/mol. The van der Waals surface area contributed by atoms with Gasteiger partial charge in [0, 0.05) is 0 Å². The zero-order valence-corrected chi connectivity index (χ0v) is 7.28. The maximum atomic E-state index is 10.1. The summed E-state index contributed by atoms with van der Waals surface area (Å²) in [6, 6.07) is 0. The van der Waals surface area contributed by atoms with Gasteiger partial charge in [-0.05, 0) is 25.0 Å². The minimum atomic E-state index is 0.656. The molecule has 0 bridgehead atoms. The Kier molecular flexibility index (Phi) is 5.53. The molecule has 0 rings (SSSR count). The molecule has 0 heterocycles. The van der Waals surface area contributed by atoms with E-state index < -0.39 is 0 Å². The first kappa shape index (κ1) is 10.6. The predicted octanol–water partition coefficient (Wildman–Crippen LogP) is 1.83. The Labute approximate surface area is 72.3 Å². The Morgan fingerprint density at radius 1 is 0.833 bits per heavy atom. The van der Waals surface area contributed by atoms with Crippen molar-refractivity contribution in [2.45, 2.75) is 13.8 Å². The highest BCUT2D eigenvalue weighted by Crippen LogP contribution is 1.90. The molecule has 2 heteroatoms. The van der Waals surface area contributed by atoms with Crippen LogP contribution in [0.4, 0.5) is 0 Å². The summed E-state index contributed by atoms with van der Waals surface area (Å²) in [5, 5.41) is 0. The molecule has 0 fully saturated rings. The Bertz CT molecular complexity index is 219. The number of aldehydes is 2. The number of carbonyl (C=O) groups excluding carboxylic acids is 2. The van der Waals surface area contributed by atoms with Crippen molar-refractivity contribution in [1.29, 1.82) is 0 Å². The van der Waals surface area contributed by atoms with Crippen LogP contribution in [0.1, 0.15) is 13.8 Å². The summed E-state index contributed by atoms with van der Waals surface area (Å²) in [6.45, 7) is 3.43. The topological polar surface area (TPSA) is 34.1 Å². The maximum Gasteiger partial charge on any atom is 0.145 e. The fourth-order valence-corrected chi connectivity index (χ4v) is 0.493. The Hall–Kier alpha value is -1.44. The van der Waals surface area contributed by atoms with Crippen LogP contribution in [0.15, 0.2) is 35.5 Å². The fraction of sp³-hybridized carbons (Fsp3) is 0.200. The van der Waals surface area contributed by atoms with Crippen molar-refractivity contribution < 1.29 is 9.59 Å². The quantitative estimate of drug-likeness (QED) is 0.278. The van der Waals surface area contributed by atoms with Gasteiger partial charge in [0.05, 0.1) is 0 Å². The normalized spacial score (nSPS) is 13.5. The molecule has 0 aromatic rings. The van der Waals surface area contributed by atoms with Crippen LogP contribution in [0.5, 0.6) is 0 Å². The monoisotopic (exact) mass is 168 g/mol. The molecular weight excluding hydrogens is 156 g/mol. The van der Waals surface area contributed by atoms with Gasteiger partial charge in [-0.15, -0.1) is 0 Å². The highest BCUT2D eigenvalue weighted by molar-refractivity contribution is 5.73. The molecule has 2 nitrogen and oxygen atoms in total. The molecule has 0 radical (unpaired) electrons. The van der Waals surface area contributed by atoms with Crippen LogP contribution in [-0.4, -0.2) is 12.6 Å². The fourth-order valence-electron chi connectivity index (χ4n) is 0.493. The van der Waals surface area contributed by atoms with E-state index in [-0.39, 0.29) is 0 Å². The lowest BCUT2D eigenvalue weighted by atomic mass is 10.5. The molecule has 12 heavy (non-hydrogen) atoms. The van der Waals surface area contributed by atoms with E-state index in [9.17, 15) is 9.59 Å². The van der Waals surface area contributed by atoms with Gasteiger partial charge in [0.2, 0.25) is 0 Å². The molecule has 0 amide bonds. The van der Waals surface area contributed by atoms with Crippen molar-refractivity contribution >= 4 is 12.6 Å². The molecule has 0 saturated heterocycles. The second-order valence-corrected chi connectivity index (χ2v) is 2.44. The average Bonchev–Trinajstić information content (AvgIpc) is 2.11. The van der Waals surface area contributed by atoms with E-state index in [1.54, 1.807) is 38.2 Å². The number of hydrogen-bond donors (Lipinski definition) is 0. The highest BCUT2D eigenvalue weighted by atomic mass is 16.2. The van der Waals surface area contributed by atoms with Crippen LogP contribution < -0.4 is 0 Å². The number of rotatable bonds is 4. The molecule has 0 unspecified atom stereocenters. The zero-order valence-electron chi connectivity index (χ0n) is 7.28. The molecule has 0 aliphatic rings. The number of hydrogen-bond acceptors (Lipinski definition) is 2. The maximum absolute atomic E-state index is 10.1. The Morgan fingerprint density at radius 3 is 1.42 bits per heavy atom. The van der Waals surface area contributed by atoms with Crippen molar-refractivity contribution in [3.8, 4) is 0 Å². The zero-order chi connectivity index (χ0) is 9.40. The third-order valence-electron chi connectivity index (χ3n) is 1.20. The minimum Gasteiger partial charge on any atom is -0.298 e. The second kappa shape index (κ2) is 6.28. The molecule has 0 atom stereocenters. The van der Waals surface area contributed by atoms with E-state index in [4.69, 9.17) is 0 Å². The highest BCUT2D eigenvalue weighted by Gasteiger charge is 1.79. The molecule has 0 aliphatic carbocycles. The predicted molar refractivity (Wildman–Crippen MR) is 48.8 cm³/mol. The lowest BCUT2D eigenvalue weighted by molar-refractivity contribution is -0.105. The van der Waals surface area contributed by atoms with Gasteiger partial charge in [-0.1, -0.05) is 24.3 Å². The summed E-state index contributed by atoms with van der Waals surface area (Å²) in [7, 11) is 0. The van der Waals surface area contributed by atoms with E-state index in [0.717, 1.165) is 12.6 Å². The van der Waals surface area contributed by atoms with Crippen molar-refractivity contribution in [3.63, 3.8) is 0 Å². The Balaban J connectivity index is 4.09. The second-order valence-electron chi connectivity index (χ2n) is 2.44. The Morgan fingerprint density at radius 2 is 1.17 bits per heavy atom. The smallest absolute Gasteiger partial charge is 0.145 e. The van der Waals surface area contributed by atoms with E-state index in [1.165, 1.54) is 0 Å².